The van der Waals surface area contributed by atoms with E-state index < -0.39 is 0 Å². The van der Waals surface area contributed by atoms with E-state index in [1.165, 1.54) is 238 Å². The third-order valence-corrected chi connectivity index (χ3v) is 13.0. The predicted octanol–water partition coefficient (Wildman–Crippen LogP) is 18.5. The summed E-state index contributed by atoms with van der Waals surface area (Å²) in [5.74, 6) is -0.0324. The molecule has 348 valence electrons. The van der Waals surface area contributed by atoms with Crippen molar-refractivity contribution in [1.82, 2.24) is 10.9 Å². The van der Waals surface area contributed by atoms with E-state index in [0.717, 1.165) is 38.5 Å². The SMILES string of the molecule is CCCCCCCC/C=C\CCCCCCCCC(CCCCCCCC/C=C\CCCCCCCC)(CCCCCCCCCCCCCC)C(=O)NNC(=O)CC. The van der Waals surface area contributed by atoms with Crippen molar-refractivity contribution in [2.75, 3.05) is 0 Å². The van der Waals surface area contributed by atoms with Crippen LogP contribution in [0.4, 0.5) is 0 Å². The van der Waals surface area contributed by atoms with E-state index in [1.807, 2.05) is 6.92 Å². The lowest BCUT2D eigenvalue weighted by Gasteiger charge is -2.33. The fourth-order valence-electron chi connectivity index (χ4n) is 8.79. The molecule has 0 aromatic rings. The number of carbonyl (C=O) groups is 2. The molecule has 4 nitrogen and oxygen atoms in total. The van der Waals surface area contributed by atoms with Gasteiger partial charge in [0, 0.05) is 6.42 Å². The van der Waals surface area contributed by atoms with E-state index in [-0.39, 0.29) is 17.2 Å². The molecule has 2 N–H and O–H groups in total. The van der Waals surface area contributed by atoms with Gasteiger partial charge in [0.1, 0.15) is 0 Å². The first-order valence-corrected chi connectivity index (χ1v) is 27.0. The third kappa shape index (κ3) is 40.3. The zero-order valence-corrected chi connectivity index (χ0v) is 40.7. The summed E-state index contributed by atoms with van der Waals surface area (Å²) < 4.78 is 0. The number of nitrogens with one attached hydrogen (secondary N) is 2. The van der Waals surface area contributed by atoms with Crippen LogP contribution in [-0.2, 0) is 9.59 Å². The Morgan fingerprint density at radius 1 is 0.322 bits per heavy atom. The van der Waals surface area contributed by atoms with Gasteiger partial charge in [0.2, 0.25) is 11.8 Å². The summed E-state index contributed by atoms with van der Waals surface area (Å²) in [5.41, 5.74) is 5.30. The van der Waals surface area contributed by atoms with E-state index in [1.54, 1.807) is 0 Å². The van der Waals surface area contributed by atoms with Gasteiger partial charge in [-0.05, 0) is 70.6 Å². The molecule has 0 rings (SSSR count). The maximum absolute atomic E-state index is 14.1. The average molecular weight is 827 g/mol. The summed E-state index contributed by atoms with van der Waals surface area (Å²) in [6, 6.07) is 0. The van der Waals surface area contributed by atoms with Crippen LogP contribution >= 0.6 is 0 Å². The normalized spacial score (nSPS) is 12.0. The molecule has 0 radical (unpaired) electrons. The Kier molecular flexibility index (Phi) is 46.2. The van der Waals surface area contributed by atoms with Crippen LogP contribution in [0.15, 0.2) is 24.3 Å². The van der Waals surface area contributed by atoms with Gasteiger partial charge in [-0.15, -0.1) is 0 Å². The quantitative estimate of drug-likeness (QED) is 0.0365. The molecule has 0 aromatic heterocycles. The molecule has 0 fully saturated rings. The minimum atomic E-state index is -0.374. The summed E-state index contributed by atoms with van der Waals surface area (Å²) in [4.78, 5) is 26.3. The second-order valence-corrected chi connectivity index (χ2v) is 18.7. The van der Waals surface area contributed by atoms with Crippen LogP contribution in [0, 0.1) is 5.41 Å². The number of hydrazine groups is 1. The van der Waals surface area contributed by atoms with Crippen LogP contribution in [0.25, 0.3) is 0 Å². The Balaban J connectivity index is 4.89. The minimum absolute atomic E-state index is 0.0721. The first kappa shape index (κ1) is 57.4. The summed E-state index contributed by atoms with van der Waals surface area (Å²) in [5, 5.41) is 0. The monoisotopic (exact) mass is 827 g/mol. The van der Waals surface area contributed by atoms with Gasteiger partial charge in [0.15, 0.2) is 0 Å². The van der Waals surface area contributed by atoms with Crippen molar-refractivity contribution >= 4 is 11.8 Å². The molecule has 2 amide bonds. The molecule has 0 aliphatic heterocycles. The number of unbranched alkanes of at least 4 members (excludes halogenated alkanes) is 35. The Bertz CT molecular complexity index is 884. The lowest BCUT2D eigenvalue weighted by molar-refractivity contribution is -0.137. The highest BCUT2D eigenvalue weighted by Gasteiger charge is 2.37. The highest BCUT2D eigenvalue weighted by molar-refractivity contribution is 5.85. The fourth-order valence-corrected chi connectivity index (χ4v) is 8.79. The molecule has 4 heteroatoms. The van der Waals surface area contributed by atoms with Crippen molar-refractivity contribution in [1.29, 1.82) is 0 Å². The molecule has 0 unspecified atom stereocenters. The third-order valence-electron chi connectivity index (χ3n) is 13.0. The largest absolute Gasteiger partial charge is 0.273 e. The standard InChI is InChI=1S/C55H106N2O2/c1-5-9-12-15-18-21-24-27-29-31-33-36-39-42-45-48-51-55(54(59)57-56-53(58)8-4,50-47-44-41-38-35-26-23-20-17-14-11-7-3)52-49-46-43-40-37-34-32-30-28-25-22-19-16-13-10-6-2/h27-30H,5-26,31-52H2,1-4H3,(H,56,58)(H,57,59)/b29-27-,30-28-. The second kappa shape index (κ2) is 47.5. The van der Waals surface area contributed by atoms with Gasteiger partial charge in [0.25, 0.3) is 0 Å². The average Bonchev–Trinajstić information content (AvgIpc) is 3.25. The summed E-state index contributed by atoms with van der Waals surface area (Å²) in [6.07, 6.45) is 65.3. The molecule has 0 aliphatic rings. The highest BCUT2D eigenvalue weighted by atomic mass is 16.2. The maximum Gasteiger partial charge on any atom is 0.244 e. The van der Waals surface area contributed by atoms with Crippen LogP contribution in [-0.4, -0.2) is 11.8 Å². The minimum Gasteiger partial charge on any atom is -0.273 e. The fraction of sp³-hybridized carbons (Fsp3) is 0.891. The van der Waals surface area contributed by atoms with Crippen molar-refractivity contribution in [3.8, 4) is 0 Å². The smallest absolute Gasteiger partial charge is 0.244 e. The zero-order valence-electron chi connectivity index (χ0n) is 40.7. The number of hydrogen-bond donors (Lipinski definition) is 2. The highest BCUT2D eigenvalue weighted by Crippen LogP contribution is 2.38. The lowest BCUT2D eigenvalue weighted by Crippen LogP contribution is -2.49. The van der Waals surface area contributed by atoms with Crippen molar-refractivity contribution in [2.45, 2.75) is 310 Å². The van der Waals surface area contributed by atoms with Crippen molar-refractivity contribution in [2.24, 2.45) is 5.41 Å². The predicted molar refractivity (Wildman–Crippen MR) is 263 cm³/mol. The first-order valence-electron chi connectivity index (χ1n) is 27.0. The van der Waals surface area contributed by atoms with E-state index in [4.69, 9.17) is 0 Å². The summed E-state index contributed by atoms with van der Waals surface area (Å²) in [7, 11) is 0. The molecule has 0 aliphatic carbocycles. The van der Waals surface area contributed by atoms with E-state index in [2.05, 4.69) is 55.9 Å². The first-order chi connectivity index (χ1) is 29.1. The lowest BCUT2D eigenvalue weighted by atomic mass is 9.73. The molecule has 0 saturated heterocycles. The van der Waals surface area contributed by atoms with Crippen molar-refractivity contribution in [3.63, 3.8) is 0 Å². The summed E-state index contributed by atoms with van der Waals surface area (Å²) >= 11 is 0. The van der Waals surface area contributed by atoms with Crippen LogP contribution < -0.4 is 10.9 Å². The van der Waals surface area contributed by atoms with Gasteiger partial charge < -0.3 is 0 Å². The molecule has 0 saturated carbocycles. The van der Waals surface area contributed by atoms with Crippen LogP contribution in [0.1, 0.15) is 310 Å². The molecule has 0 aromatic carbocycles. The number of amides is 2. The van der Waals surface area contributed by atoms with Crippen LogP contribution in [0.5, 0.6) is 0 Å². The van der Waals surface area contributed by atoms with Crippen molar-refractivity contribution in [3.05, 3.63) is 24.3 Å². The molecule has 0 bridgehead atoms. The van der Waals surface area contributed by atoms with Gasteiger partial charge in [-0.3, -0.25) is 20.4 Å². The Hall–Kier alpha value is -1.58. The molecular formula is C55H106N2O2. The molecule has 0 heterocycles. The van der Waals surface area contributed by atoms with Gasteiger partial charge >= 0.3 is 0 Å². The number of allylic oxidation sites excluding steroid dienone is 4. The topological polar surface area (TPSA) is 58.2 Å². The number of hydrogen-bond acceptors (Lipinski definition) is 2. The van der Waals surface area contributed by atoms with Crippen LogP contribution in [0.3, 0.4) is 0 Å². The van der Waals surface area contributed by atoms with Gasteiger partial charge in [0.05, 0.1) is 5.41 Å². The molecular weight excluding hydrogens is 721 g/mol. The maximum atomic E-state index is 14.1. The zero-order chi connectivity index (χ0) is 43.0. The van der Waals surface area contributed by atoms with Crippen molar-refractivity contribution < 1.29 is 9.59 Å². The summed E-state index contributed by atoms with van der Waals surface area (Å²) in [6.45, 7) is 8.71. The van der Waals surface area contributed by atoms with Crippen LogP contribution in [0.2, 0.25) is 0 Å². The second-order valence-electron chi connectivity index (χ2n) is 18.7. The number of rotatable bonds is 47. The van der Waals surface area contributed by atoms with Gasteiger partial charge in [-0.25, -0.2) is 0 Å². The Labute approximate surface area is 370 Å². The molecule has 0 spiro atoms. The van der Waals surface area contributed by atoms with E-state index >= 15 is 0 Å². The van der Waals surface area contributed by atoms with E-state index in [0.29, 0.717) is 6.42 Å². The number of carbonyl (C=O) groups excluding carboxylic acids is 2. The Morgan fingerprint density at radius 2 is 0.559 bits per heavy atom. The molecule has 59 heavy (non-hydrogen) atoms. The van der Waals surface area contributed by atoms with E-state index in [9.17, 15) is 9.59 Å². The Morgan fingerprint density at radius 3 is 0.814 bits per heavy atom. The molecule has 0 atom stereocenters. The van der Waals surface area contributed by atoms with Gasteiger partial charge in [-0.2, -0.15) is 0 Å². The van der Waals surface area contributed by atoms with Gasteiger partial charge in [-0.1, -0.05) is 257 Å².